The van der Waals surface area contributed by atoms with Crippen molar-refractivity contribution in [3.8, 4) is 0 Å². The first kappa shape index (κ1) is 15.7. The van der Waals surface area contributed by atoms with E-state index in [0.717, 1.165) is 25.7 Å². The molecule has 0 aliphatic heterocycles. The second-order valence-corrected chi connectivity index (χ2v) is 5.90. The molecule has 4 nitrogen and oxygen atoms in total. The van der Waals surface area contributed by atoms with Crippen molar-refractivity contribution >= 4 is 11.9 Å². The summed E-state index contributed by atoms with van der Waals surface area (Å²) in [6.07, 6.45) is 7.58. The van der Waals surface area contributed by atoms with Crippen LogP contribution in [-0.4, -0.2) is 23.0 Å². The van der Waals surface area contributed by atoms with Crippen molar-refractivity contribution in [3.05, 3.63) is 12.2 Å². The van der Waals surface area contributed by atoms with Gasteiger partial charge in [-0.25, -0.2) is 4.79 Å². The van der Waals surface area contributed by atoms with Gasteiger partial charge in [0.25, 0.3) is 0 Å². The second kappa shape index (κ2) is 6.73. The van der Waals surface area contributed by atoms with Gasteiger partial charge in [-0.05, 0) is 38.5 Å². The largest absolute Gasteiger partial charge is 0.480 e. The van der Waals surface area contributed by atoms with Crippen LogP contribution in [0.1, 0.15) is 52.9 Å². The summed E-state index contributed by atoms with van der Waals surface area (Å²) in [5.41, 5.74) is -0.322. The molecule has 1 saturated carbocycles. The lowest BCUT2D eigenvalue weighted by molar-refractivity contribution is -0.146. The fourth-order valence-corrected chi connectivity index (χ4v) is 2.71. The second-order valence-electron chi connectivity index (χ2n) is 5.90. The highest BCUT2D eigenvalue weighted by molar-refractivity contribution is 5.88. The third-order valence-corrected chi connectivity index (χ3v) is 3.80. The molecule has 0 spiro atoms. The van der Waals surface area contributed by atoms with Gasteiger partial charge in [0.15, 0.2) is 0 Å². The lowest BCUT2D eigenvalue weighted by Gasteiger charge is -2.42. The zero-order valence-electron chi connectivity index (χ0n) is 12.1. The summed E-state index contributed by atoms with van der Waals surface area (Å²) < 4.78 is 0. The number of aliphatic carboxylic acids is 1. The van der Waals surface area contributed by atoms with Crippen LogP contribution in [0.2, 0.25) is 0 Å². The molecule has 19 heavy (non-hydrogen) atoms. The monoisotopic (exact) mass is 267 g/mol. The molecule has 0 radical (unpaired) electrons. The minimum absolute atomic E-state index is 0.0793. The number of amides is 1. The van der Waals surface area contributed by atoms with Gasteiger partial charge in [-0.2, -0.15) is 0 Å². The first-order valence-electron chi connectivity index (χ1n) is 7.06. The van der Waals surface area contributed by atoms with Gasteiger partial charge in [0.05, 0.1) is 0 Å². The highest BCUT2D eigenvalue weighted by atomic mass is 16.4. The van der Waals surface area contributed by atoms with E-state index in [4.69, 9.17) is 5.11 Å². The molecule has 0 saturated heterocycles. The van der Waals surface area contributed by atoms with Gasteiger partial charge in [0, 0.05) is 5.41 Å². The predicted molar refractivity (Wildman–Crippen MR) is 74.7 cm³/mol. The van der Waals surface area contributed by atoms with Crippen molar-refractivity contribution in [2.75, 3.05) is 0 Å². The maximum absolute atomic E-state index is 12.4. The number of nitrogens with one attached hydrogen (secondary N) is 1. The van der Waals surface area contributed by atoms with Gasteiger partial charge < -0.3 is 10.4 Å². The van der Waals surface area contributed by atoms with Crippen molar-refractivity contribution in [3.63, 3.8) is 0 Å². The van der Waals surface area contributed by atoms with E-state index < -0.39 is 12.0 Å². The molecule has 1 fully saturated rings. The number of rotatable bonds is 7. The van der Waals surface area contributed by atoms with Crippen LogP contribution in [0.4, 0.5) is 0 Å². The van der Waals surface area contributed by atoms with Crippen molar-refractivity contribution in [2.45, 2.75) is 58.9 Å². The fourth-order valence-electron chi connectivity index (χ4n) is 2.71. The van der Waals surface area contributed by atoms with E-state index in [0.29, 0.717) is 12.3 Å². The van der Waals surface area contributed by atoms with Crippen LogP contribution in [0.15, 0.2) is 12.2 Å². The summed E-state index contributed by atoms with van der Waals surface area (Å²) in [6, 6.07) is -0.812. The van der Waals surface area contributed by atoms with E-state index in [-0.39, 0.29) is 11.3 Å². The molecule has 1 aliphatic rings. The molecule has 4 heteroatoms. The highest BCUT2D eigenvalue weighted by Gasteiger charge is 2.45. The van der Waals surface area contributed by atoms with Crippen molar-refractivity contribution in [1.82, 2.24) is 5.32 Å². The first-order chi connectivity index (χ1) is 8.91. The molecule has 1 atom stereocenters. The van der Waals surface area contributed by atoms with E-state index in [9.17, 15) is 9.59 Å². The molecule has 1 aliphatic carbocycles. The van der Waals surface area contributed by atoms with Crippen molar-refractivity contribution in [2.24, 2.45) is 11.3 Å². The van der Waals surface area contributed by atoms with Crippen molar-refractivity contribution in [1.29, 1.82) is 0 Å². The van der Waals surface area contributed by atoms with Crippen LogP contribution >= 0.6 is 0 Å². The van der Waals surface area contributed by atoms with E-state index >= 15 is 0 Å². The average molecular weight is 267 g/mol. The normalized spacial score (nSPS) is 19.2. The number of carboxylic acids is 1. The van der Waals surface area contributed by atoms with Crippen LogP contribution in [0.25, 0.3) is 0 Å². The number of carboxylic acid groups (broad SMARTS) is 1. The Hall–Kier alpha value is -1.32. The molecule has 2 N–H and O–H groups in total. The number of carbonyl (C=O) groups is 2. The van der Waals surface area contributed by atoms with E-state index in [2.05, 4.69) is 19.2 Å². The Labute approximate surface area is 115 Å². The van der Waals surface area contributed by atoms with Crippen LogP contribution < -0.4 is 5.32 Å². The maximum atomic E-state index is 12.4. The summed E-state index contributed by atoms with van der Waals surface area (Å²) in [7, 11) is 0. The van der Waals surface area contributed by atoms with Gasteiger partial charge in [-0.15, -0.1) is 0 Å². The van der Waals surface area contributed by atoms with E-state index in [1.807, 2.05) is 6.92 Å². The molecule has 0 aromatic rings. The molecule has 1 amide bonds. The summed E-state index contributed by atoms with van der Waals surface area (Å²) >= 11 is 0. The molecule has 0 heterocycles. The minimum atomic E-state index is -0.967. The van der Waals surface area contributed by atoms with Crippen LogP contribution in [0, 0.1) is 11.3 Å². The van der Waals surface area contributed by atoms with Gasteiger partial charge in [-0.3, -0.25) is 4.79 Å². The van der Waals surface area contributed by atoms with Gasteiger partial charge in [0.2, 0.25) is 5.91 Å². The number of hydrogen-bond donors (Lipinski definition) is 2. The number of allylic oxidation sites excluding steroid dienone is 1. The zero-order valence-corrected chi connectivity index (χ0v) is 12.1. The Morgan fingerprint density at radius 2 is 2.00 bits per heavy atom. The number of hydrogen-bond acceptors (Lipinski definition) is 2. The summed E-state index contributed by atoms with van der Waals surface area (Å²) in [4.78, 5) is 23.5. The Morgan fingerprint density at radius 3 is 2.37 bits per heavy atom. The molecule has 108 valence electrons. The van der Waals surface area contributed by atoms with Gasteiger partial charge in [0.1, 0.15) is 6.04 Å². The summed E-state index contributed by atoms with van der Waals surface area (Å²) in [6.45, 7) is 6.04. The SMILES string of the molecule is C/C=C/CC(NC(=O)C1(CC(C)C)CCC1)C(=O)O. The zero-order chi connectivity index (χ0) is 14.5. The Balaban J connectivity index is 2.67. The van der Waals surface area contributed by atoms with Gasteiger partial charge in [-0.1, -0.05) is 32.4 Å². The summed E-state index contributed by atoms with van der Waals surface area (Å²) in [5.74, 6) is -0.598. The average Bonchev–Trinajstić information content (AvgIpc) is 2.28. The third-order valence-electron chi connectivity index (χ3n) is 3.80. The molecule has 0 bridgehead atoms. The van der Waals surface area contributed by atoms with Crippen LogP contribution in [0.3, 0.4) is 0 Å². The third kappa shape index (κ3) is 4.08. The van der Waals surface area contributed by atoms with Crippen LogP contribution in [-0.2, 0) is 9.59 Å². The fraction of sp³-hybridized carbons (Fsp3) is 0.733. The Bertz CT molecular complexity index is 356. The molecular formula is C15H25NO3. The minimum Gasteiger partial charge on any atom is -0.480 e. The standard InChI is InChI=1S/C15H25NO3/c1-4-5-7-12(13(17)18)16-14(19)15(8-6-9-15)10-11(2)3/h4-5,11-12H,6-10H2,1-3H3,(H,16,19)(H,17,18)/b5-4+. The maximum Gasteiger partial charge on any atom is 0.326 e. The lowest BCUT2D eigenvalue weighted by Crippen LogP contribution is -2.51. The number of carbonyl (C=O) groups excluding carboxylic acids is 1. The quantitative estimate of drug-likeness (QED) is 0.697. The van der Waals surface area contributed by atoms with E-state index in [1.165, 1.54) is 0 Å². The molecule has 0 aromatic carbocycles. The highest BCUT2D eigenvalue weighted by Crippen LogP contribution is 2.46. The molecule has 1 rings (SSSR count). The smallest absolute Gasteiger partial charge is 0.326 e. The predicted octanol–water partition coefficient (Wildman–Crippen LogP) is 2.74. The topological polar surface area (TPSA) is 66.4 Å². The molecule has 1 unspecified atom stereocenters. The van der Waals surface area contributed by atoms with Gasteiger partial charge >= 0.3 is 5.97 Å². The van der Waals surface area contributed by atoms with Crippen molar-refractivity contribution < 1.29 is 14.7 Å². The van der Waals surface area contributed by atoms with Crippen LogP contribution in [0.5, 0.6) is 0 Å². The Kier molecular flexibility index (Phi) is 5.58. The summed E-state index contributed by atoms with van der Waals surface area (Å²) in [5, 5.41) is 11.8. The first-order valence-corrected chi connectivity index (χ1v) is 7.06. The molecular weight excluding hydrogens is 242 g/mol. The lowest BCUT2D eigenvalue weighted by atomic mass is 9.64. The molecule has 0 aromatic heterocycles. The van der Waals surface area contributed by atoms with E-state index in [1.54, 1.807) is 12.2 Å². The Morgan fingerprint density at radius 1 is 1.37 bits per heavy atom.